The van der Waals surface area contributed by atoms with E-state index in [1.54, 1.807) is 23.5 Å². The Bertz CT molecular complexity index is 1020. The third-order valence-corrected chi connectivity index (χ3v) is 6.56. The van der Waals surface area contributed by atoms with Crippen LogP contribution in [-0.4, -0.2) is 11.8 Å². The van der Waals surface area contributed by atoms with Crippen LogP contribution in [0, 0.1) is 6.92 Å². The van der Waals surface area contributed by atoms with Gasteiger partial charge in [-0.15, -0.1) is 11.3 Å². The van der Waals surface area contributed by atoms with E-state index in [2.05, 4.69) is 10.6 Å². The number of rotatable bonds is 4. The van der Waals surface area contributed by atoms with Crippen molar-refractivity contribution < 1.29 is 9.59 Å². The molecule has 4 rings (SSSR count). The molecule has 0 saturated carbocycles. The second-order valence-corrected chi connectivity index (χ2v) is 8.51. The average Bonchev–Trinajstić information content (AvgIpc) is 3.01. The lowest BCUT2D eigenvalue weighted by Gasteiger charge is -2.12. The van der Waals surface area contributed by atoms with E-state index in [1.807, 2.05) is 49.4 Å². The van der Waals surface area contributed by atoms with Crippen molar-refractivity contribution in [3.8, 4) is 0 Å². The Morgan fingerprint density at radius 1 is 0.862 bits per heavy atom. The van der Waals surface area contributed by atoms with Gasteiger partial charge in [-0.2, -0.15) is 0 Å². The largest absolute Gasteiger partial charge is 0.322 e. The first-order valence-electron chi connectivity index (χ1n) is 10.0. The van der Waals surface area contributed by atoms with Gasteiger partial charge in [0.1, 0.15) is 0 Å². The minimum atomic E-state index is -0.187. The molecule has 1 heterocycles. The molecule has 0 radical (unpaired) electrons. The van der Waals surface area contributed by atoms with E-state index in [-0.39, 0.29) is 11.8 Å². The Morgan fingerprint density at radius 2 is 1.66 bits per heavy atom. The summed E-state index contributed by atoms with van der Waals surface area (Å²) in [4.78, 5) is 27.6. The van der Waals surface area contributed by atoms with Gasteiger partial charge in [-0.3, -0.25) is 9.59 Å². The van der Waals surface area contributed by atoms with Crippen molar-refractivity contribution >= 4 is 34.5 Å². The molecule has 0 saturated heterocycles. The zero-order chi connectivity index (χ0) is 20.2. The van der Waals surface area contributed by atoms with Crippen molar-refractivity contribution in [2.24, 2.45) is 0 Å². The van der Waals surface area contributed by atoms with Crippen molar-refractivity contribution in [2.75, 3.05) is 10.6 Å². The smallest absolute Gasteiger partial charge is 0.265 e. The summed E-state index contributed by atoms with van der Waals surface area (Å²) in [5.41, 5.74) is 4.04. The summed E-state index contributed by atoms with van der Waals surface area (Å²) < 4.78 is 0. The molecule has 5 heteroatoms. The van der Waals surface area contributed by atoms with Crippen LogP contribution in [0.5, 0.6) is 0 Å². The second kappa shape index (κ2) is 8.62. The van der Waals surface area contributed by atoms with Gasteiger partial charge in [-0.05, 0) is 74.1 Å². The summed E-state index contributed by atoms with van der Waals surface area (Å²) in [6.45, 7) is 1.86. The zero-order valence-corrected chi connectivity index (χ0v) is 17.3. The number of anilines is 2. The molecule has 4 nitrogen and oxygen atoms in total. The van der Waals surface area contributed by atoms with E-state index < -0.39 is 0 Å². The molecule has 2 amide bonds. The van der Waals surface area contributed by atoms with Crippen molar-refractivity contribution in [3.63, 3.8) is 0 Å². The number of hydrogen-bond donors (Lipinski definition) is 2. The highest BCUT2D eigenvalue weighted by molar-refractivity contribution is 7.14. The first-order chi connectivity index (χ1) is 14.1. The Kier molecular flexibility index (Phi) is 5.76. The van der Waals surface area contributed by atoms with Crippen LogP contribution >= 0.6 is 11.3 Å². The van der Waals surface area contributed by atoms with Crippen LogP contribution in [-0.2, 0) is 12.8 Å². The third-order valence-electron chi connectivity index (χ3n) is 5.33. The summed E-state index contributed by atoms with van der Waals surface area (Å²) in [5.74, 6) is -0.292. The van der Waals surface area contributed by atoms with Crippen LogP contribution in [0.2, 0.25) is 0 Å². The van der Waals surface area contributed by atoms with Gasteiger partial charge in [0.05, 0.1) is 4.88 Å². The maximum atomic E-state index is 12.8. The summed E-state index contributed by atoms with van der Waals surface area (Å²) >= 11 is 1.60. The van der Waals surface area contributed by atoms with Gasteiger partial charge in [0.15, 0.2) is 0 Å². The predicted molar refractivity (Wildman–Crippen MR) is 119 cm³/mol. The molecule has 148 valence electrons. The van der Waals surface area contributed by atoms with Gasteiger partial charge < -0.3 is 10.6 Å². The fourth-order valence-electron chi connectivity index (χ4n) is 3.70. The number of thiophene rings is 1. The van der Waals surface area contributed by atoms with E-state index >= 15 is 0 Å². The molecule has 3 aromatic rings. The topological polar surface area (TPSA) is 58.2 Å². The summed E-state index contributed by atoms with van der Waals surface area (Å²) in [7, 11) is 0. The lowest BCUT2D eigenvalue weighted by Crippen LogP contribution is -2.16. The molecule has 0 spiro atoms. The lowest BCUT2D eigenvalue weighted by atomic mass is 10.1. The highest BCUT2D eigenvalue weighted by Gasteiger charge is 2.18. The Morgan fingerprint density at radius 3 is 2.48 bits per heavy atom. The number of amides is 2. The van der Waals surface area contributed by atoms with Crippen LogP contribution < -0.4 is 10.6 Å². The fourth-order valence-corrected chi connectivity index (χ4v) is 4.85. The first kappa shape index (κ1) is 19.4. The standard InChI is InChI=1S/C24H24N2O2S/c1-16-19(23(27)25-18-10-5-3-6-11-18)12-8-13-20(16)26-24(28)22-15-17-9-4-2-7-14-21(17)29-22/h3,5-6,8,10-13,15H,2,4,7,9,14H2,1H3,(H,25,27)(H,26,28). The maximum Gasteiger partial charge on any atom is 0.265 e. The Hall–Kier alpha value is -2.92. The van der Waals surface area contributed by atoms with Crippen molar-refractivity contribution in [2.45, 2.75) is 39.0 Å². The summed E-state index contributed by atoms with van der Waals surface area (Å²) in [6, 6.07) is 16.8. The predicted octanol–water partition coefficient (Wildman–Crippen LogP) is 5.83. The highest BCUT2D eigenvalue weighted by atomic mass is 32.1. The van der Waals surface area contributed by atoms with Crippen LogP contribution in [0.25, 0.3) is 0 Å². The van der Waals surface area contributed by atoms with Gasteiger partial charge in [0, 0.05) is 21.8 Å². The quantitative estimate of drug-likeness (QED) is 0.538. The maximum absolute atomic E-state index is 12.8. The monoisotopic (exact) mass is 404 g/mol. The molecule has 0 atom stereocenters. The summed E-state index contributed by atoms with van der Waals surface area (Å²) in [6.07, 6.45) is 5.80. The molecule has 1 aromatic heterocycles. The van der Waals surface area contributed by atoms with Crippen molar-refractivity contribution in [1.29, 1.82) is 0 Å². The fraction of sp³-hybridized carbons (Fsp3) is 0.250. The number of para-hydroxylation sites is 1. The van der Waals surface area contributed by atoms with E-state index in [0.29, 0.717) is 11.3 Å². The SMILES string of the molecule is Cc1c(NC(=O)c2cc3c(s2)CCCCC3)cccc1C(=O)Nc1ccccc1. The summed E-state index contributed by atoms with van der Waals surface area (Å²) in [5, 5.41) is 5.90. The van der Waals surface area contributed by atoms with Crippen LogP contribution in [0.3, 0.4) is 0 Å². The van der Waals surface area contributed by atoms with Crippen LogP contribution in [0.4, 0.5) is 11.4 Å². The molecule has 0 fully saturated rings. The number of hydrogen-bond acceptors (Lipinski definition) is 3. The first-order valence-corrected chi connectivity index (χ1v) is 10.8. The number of carbonyl (C=O) groups is 2. The van der Waals surface area contributed by atoms with Gasteiger partial charge in [-0.25, -0.2) is 0 Å². The van der Waals surface area contributed by atoms with E-state index in [4.69, 9.17) is 0 Å². The molecule has 2 N–H and O–H groups in total. The van der Waals surface area contributed by atoms with Gasteiger partial charge in [-0.1, -0.05) is 30.7 Å². The molecular formula is C24H24N2O2S. The normalized spacial score (nSPS) is 13.3. The van der Waals surface area contributed by atoms with Gasteiger partial charge >= 0.3 is 0 Å². The molecule has 0 bridgehead atoms. The highest BCUT2D eigenvalue weighted by Crippen LogP contribution is 2.30. The molecule has 29 heavy (non-hydrogen) atoms. The number of fused-ring (bicyclic) bond motifs is 1. The Balaban J connectivity index is 1.51. The minimum Gasteiger partial charge on any atom is -0.322 e. The Labute approximate surface area is 175 Å². The van der Waals surface area contributed by atoms with E-state index in [0.717, 1.165) is 29.0 Å². The molecule has 0 aliphatic heterocycles. The number of carbonyl (C=O) groups excluding carboxylic acids is 2. The third kappa shape index (κ3) is 4.40. The number of benzene rings is 2. The number of nitrogens with one attached hydrogen (secondary N) is 2. The van der Waals surface area contributed by atoms with Crippen molar-refractivity contribution in [1.82, 2.24) is 0 Å². The molecule has 2 aromatic carbocycles. The van der Waals surface area contributed by atoms with Crippen molar-refractivity contribution in [3.05, 3.63) is 81.0 Å². The minimum absolute atomic E-state index is 0.105. The lowest BCUT2D eigenvalue weighted by molar-refractivity contribution is 0.101. The van der Waals surface area contributed by atoms with E-state index in [9.17, 15) is 9.59 Å². The molecular weight excluding hydrogens is 380 g/mol. The average molecular weight is 405 g/mol. The molecule has 0 unspecified atom stereocenters. The molecule has 1 aliphatic carbocycles. The van der Waals surface area contributed by atoms with Crippen LogP contribution in [0.15, 0.2) is 54.6 Å². The van der Waals surface area contributed by atoms with E-state index in [1.165, 1.54) is 29.7 Å². The van der Waals surface area contributed by atoms with Gasteiger partial charge in [0.2, 0.25) is 0 Å². The van der Waals surface area contributed by atoms with Gasteiger partial charge in [0.25, 0.3) is 11.8 Å². The number of aryl methyl sites for hydroxylation is 2. The molecule has 1 aliphatic rings. The second-order valence-electron chi connectivity index (χ2n) is 7.37. The zero-order valence-electron chi connectivity index (χ0n) is 16.5. The van der Waals surface area contributed by atoms with Crippen LogP contribution in [0.1, 0.15) is 55.3 Å².